The first-order valence-corrected chi connectivity index (χ1v) is 7.07. The predicted octanol–water partition coefficient (Wildman–Crippen LogP) is 2.26. The Bertz CT molecular complexity index is 769. The van der Waals surface area contributed by atoms with Crippen molar-refractivity contribution in [3.05, 3.63) is 67.1 Å². The Morgan fingerprint density at radius 2 is 1.83 bits per heavy atom. The molecule has 1 aromatic carbocycles. The largest absolute Gasteiger partial charge is 0.324 e. The van der Waals surface area contributed by atoms with Crippen LogP contribution in [0.5, 0.6) is 0 Å². The Morgan fingerprint density at radius 3 is 2.39 bits per heavy atom. The minimum absolute atomic E-state index is 0.0105. The maximum Gasteiger partial charge on any atom is 0.324 e. The number of rotatable bonds is 6. The maximum absolute atomic E-state index is 11.7. The monoisotopic (exact) mass is 334 g/mol. The quantitative estimate of drug-likeness (QED) is 0.492. The average molecular weight is 334 g/mol. The number of nitro benzene ring substituents is 1. The van der Waals surface area contributed by atoms with E-state index in [9.17, 15) is 25.0 Å². The van der Waals surface area contributed by atoms with E-state index in [2.05, 4.69) is 10.5 Å². The molecule has 0 radical (unpaired) electrons. The molecule has 1 N–H and O–H groups in total. The predicted molar refractivity (Wildman–Crippen MR) is 83.5 cm³/mol. The highest BCUT2D eigenvalue weighted by molar-refractivity contribution is 7.16. The van der Waals surface area contributed by atoms with E-state index in [1.54, 1.807) is 0 Å². The highest BCUT2D eigenvalue weighted by Gasteiger charge is 2.09. The molecular formula is C13H10N4O5S. The van der Waals surface area contributed by atoms with Crippen LogP contribution in [0.25, 0.3) is 0 Å². The van der Waals surface area contributed by atoms with Gasteiger partial charge in [0.05, 0.1) is 27.4 Å². The summed E-state index contributed by atoms with van der Waals surface area (Å²) in [5.74, 6) is -0.402. The van der Waals surface area contributed by atoms with E-state index in [0.29, 0.717) is 10.4 Å². The van der Waals surface area contributed by atoms with Crippen LogP contribution in [0.4, 0.5) is 10.7 Å². The van der Waals surface area contributed by atoms with E-state index >= 15 is 0 Å². The molecule has 0 aliphatic heterocycles. The number of nitrogens with zero attached hydrogens (tertiary/aromatic N) is 3. The molecule has 1 heterocycles. The molecule has 9 nitrogen and oxygen atoms in total. The Balaban J connectivity index is 1.87. The van der Waals surface area contributed by atoms with Crippen LogP contribution >= 0.6 is 11.3 Å². The van der Waals surface area contributed by atoms with Crippen molar-refractivity contribution in [3.63, 3.8) is 0 Å². The number of carbonyl (C=O) groups is 1. The molecule has 0 aliphatic carbocycles. The molecule has 23 heavy (non-hydrogen) atoms. The zero-order chi connectivity index (χ0) is 16.8. The third-order valence-corrected chi connectivity index (χ3v) is 3.66. The van der Waals surface area contributed by atoms with Crippen LogP contribution in [0.3, 0.4) is 0 Å². The van der Waals surface area contributed by atoms with Gasteiger partial charge >= 0.3 is 5.00 Å². The number of benzene rings is 1. The van der Waals surface area contributed by atoms with Crippen LogP contribution in [0.15, 0.2) is 41.5 Å². The number of thiophene rings is 1. The van der Waals surface area contributed by atoms with E-state index in [4.69, 9.17) is 0 Å². The molecule has 0 fully saturated rings. The Morgan fingerprint density at radius 1 is 1.13 bits per heavy atom. The molecule has 10 heteroatoms. The van der Waals surface area contributed by atoms with Crippen molar-refractivity contribution in [1.29, 1.82) is 0 Å². The third-order valence-electron chi connectivity index (χ3n) is 2.69. The fourth-order valence-electron chi connectivity index (χ4n) is 1.64. The first-order valence-electron chi connectivity index (χ1n) is 6.25. The van der Waals surface area contributed by atoms with Crippen molar-refractivity contribution in [1.82, 2.24) is 5.43 Å². The van der Waals surface area contributed by atoms with Gasteiger partial charge in [-0.3, -0.25) is 25.0 Å². The summed E-state index contributed by atoms with van der Waals surface area (Å²) in [7, 11) is 0. The first kappa shape index (κ1) is 16.2. The van der Waals surface area contributed by atoms with E-state index in [1.165, 1.54) is 42.6 Å². The normalized spacial score (nSPS) is 10.6. The van der Waals surface area contributed by atoms with Gasteiger partial charge in [0.15, 0.2) is 0 Å². The lowest BCUT2D eigenvalue weighted by molar-refractivity contribution is -0.384. The number of non-ortho nitro benzene ring substituents is 1. The fraction of sp³-hybridized carbons (Fsp3) is 0.0769. The van der Waals surface area contributed by atoms with Crippen molar-refractivity contribution in [2.45, 2.75) is 6.42 Å². The SMILES string of the molecule is O=C(Cc1ccc([N+](=O)[O-])cc1)N/N=C\c1ccc([N+](=O)[O-])s1. The Kier molecular flexibility index (Phi) is 5.10. The molecule has 1 aromatic heterocycles. The Labute approximate surface area is 133 Å². The molecule has 1 amide bonds. The van der Waals surface area contributed by atoms with Gasteiger partial charge in [0, 0.05) is 18.2 Å². The number of nitrogens with one attached hydrogen (secondary N) is 1. The second-order valence-corrected chi connectivity index (χ2v) is 5.42. The second kappa shape index (κ2) is 7.22. The van der Waals surface area contributed by atoms with Gasteiger partial charge in [-0.05, 0) is 11.6 Å². The highest BCUT2D eigenvalue weighted by Crippen LogP contribution is 2.22. The number of carbonyl (C=O) groups excluding carboxylic acids is 1. The molecule has 2 aromatic rings. The smallest absolute Gasteiger partial charge is 0.273 e. The molecule has 0 bridgehead atoms. The van der Waals surface area contributed by atoms with Gasteiger partial charge < -0.3 is 0 Å². The number of amides is 1. The minimum atomic E-state index is -0.519. The van der Waals surface area contributed by atoms with Crippen molar-refractivity contribution >= 4 is 34.1 Å². The van der Waals surface area contributed by atoms with Crippen LogP contribution in [0, 0.1) is 20.2 Å². The Hall–Kier alpha value is -3.14. The van der Waals surface area contributed by atoms with E-state index < -0.39 is 15.8 Å². The van der Waals surface area contributed by atoms with Crippen molar-refractivity contribution in [2.75, 3.05) is 0 Å². The maximum atomic E-state index is 11.7. The van der Waals surface area contributed by atoms with Crippen LogP contribution in [-0.4, -0.2) is 22.0 Å². The summed E-state index contributed by atoms with van der Waals surface area (Å²) in [6.45, 7) is 0. The van der Waals surface area contributed by atoms with Gasteiger partial charge in [0.1, 0.15) is 0 Å². The van der Waals surface area contributed by atoms with Crippen LogP contribution < -0.4 is 5.43 Å². The number of hydrogen-bond donors (Lipinski definition) is 1. The number of nitro groups is 2. The van der Waals surface area contributed by atoms with E-state index in [1.807, 2.05) is 0 Å². The van der Waals surface area contributed by atoms with Crippen molar-refractivity contribution in [2.24, 2.45) is 5.10 Å². The lowest BCUT2D eigenvalue weighted by atomic mass is 10.1. The lowest BCUT2D eigenvalue weighted by Crippen LogP contribution is -2.19. The van der Waals surface area contributed by atoms with Gasteiger partial charge in [0.2, 0.25) is 5.91 Å². The summed E-state index contributed by atoms with van der Waals surface area (Å²) in [5, 5.41) is 24.7. The lowest BCUT2D eigenvalue weighted by Gasteiger charge is -2.00. The topological polar surface area (TPSA) is 128 Å². The van der Waals surface area contributed by atoms with Gasteiger partial charge in [-0.2, -0.15) is 5.10 Å². The van der Waals surface area contributed by atoms with Crippen molar-refractivity contribution < 1.29 is 14.6 Å². The molecule has 0 spiro atoms. The second-order valence-electron chi connectivity index (χ2n) is 4.33. The van der Waals surface area contributed by atoms with E-state index in [0.717, 1.165) is 11.3 Å². The van der Waals surface area contributed by atoms with Crippen LogP contribution in [0.1, 0.15) is 10.4 Å². The molecule has 0 atom stereocenters. The van der Waals surface area contributed by atoms with Crippen LogP contribution in [-0.2, 0) is 11.2 Å². The molecule has 0 unspecified atom stereocenters. The van der Waals surface area contributed by atoms with Crippen LogP contribution in [0.2, 0.25) is 0 Å². The first-order chi connectivity index (χ1) is 11.0. The third kappa shape index (κ3) is 4.68. The van der Waals surface area contributed by atoms with Crippen molar-refractivity contribution in [3.8, 4) is 0 Å². The minimum Gasteiger partial charge on any atom is -0.273 e. The molecule has 0 saturated carbocycles. The average Bonchev–Trinajstić information content (AvgIpc) is 2.97. The zero-order valence-electron chi connectivity index (χ0n) is 11.5. The van der Waals surface area contributed by atoms with Gasteiger partial charge in [-0.1, -0.05) is 23.5 Å². The summed E-state index contributed by atoms with van der Waals surface area (Å²) in [6.07, 6.45) is 1.32. The van der Waals surface area contributed by atoms with Gasteiger partial charge in [-0.25, -0.2) is 5.43 Å². The van der Waals surface area contributed by atoms with E-state index in [-0.39, 0.29) is 17.1 Å². The summed E-state index contributed by atoms with van der Waals surface area (Å²) >= 11 is 0.937. The van der Waals surface area contributed by atoms with Gasteiger partial charge in [0.25, 0.3) is 5.69 Å². The summed E-state index contributed by atoms with van der Waals surface area (Å²) < 4.78 is 0. The number of hydrazone groups is 1. The summed E-state index contributed by atoms with van der Waals surface area (Å²) in [6, 6.07) is 8.49. The summed E-state index contributed by atoms with van der Waals surface area (Å²) in [4.78, 5) is 32.2. The zero-order valence-corrected chi connectivity index (χ0v) is 12.4. The molecule has 0 aliphatic rings. The fourth-order valence-corrected chi connectivity index (χ4v) is 2.33. The molecule has 2 rings (SSSR count). The van der Waals surface area contributed by atoms with Gasteiger partial charge in [-0.15, -0.1) is 0 Å². The number of hydrogen-bond acceptors (Lipinski definition) is 7. The highest BCUT2D eigenvalue weighted by atomic mass is 32.1. The molecule has 118 valence electrons. The molecule has 0 saturated heterocycles. The summed E-state index contributed by atoms with van der Waals surface area (Å²) in [5.41, 5.74) is 2.85. The standard InChI is InChI=1S/C13H10N4O5S/c18-12(7-9-1-3-10(4-2-9)16(19)20)15-14-8-11-5-6-13(23-11)17(21)22/h1-6,8H,7H2,(H,15,18)/b14-8-. The molecular weight excluding hydrogens is 324 g/mol.